The van der Waals surface area contributed by atoms with Crippen LogP contribution >= 0.6 is 15.9 Å². The molecule has 0 unspecified atom stereocenters. The first-order valence-corrected chi connectivity index (χ1v) is 5.83. The fraction of sp³-hybridized carbons (Fsp3) is 0.308. The van der Waals surface area contributed by atoms with Crippen molar-refractivity contribution in [1.29, 1.82) is 0 Å². The molecular formula is C13H13BrO2. The van der Waals surface area contributed by atoms with E-state index in [0.717, 1.165) is 16.5 Å². The van der Waals surface area contributed by atoms with Crippen LogP contribution in [0.25, 0.3) is 0 Å². The molecule has 16 heavy (non-hydrogen) atoms. The molecule has 84 valence electrons. The maximum Gasteiger partial charge on any atom is 0.305 e. The van der Waals surface area contributed by atoms with Gasteiger partial charge in [0.1, 0.15) is 0 Å². The minimum atomic E-state index is -0.178. The van der Waals surface area contributed by atoms with Gasteiger partial charge in [-0.25, -0.2) is 0 Å². The lowest BCUT2D eigenvalue weighted by Crippen LogP contribution is -1.98. The summed E-state index contributed by atoms with van der Waals surface area (Å²) in [4.78, 5) is 10.8. The van der Waals surface area contributed by atoms with Gasteiger partial charge in [0, 0.05) is 22.9 Å². The van der Waals surface area contributed by atoms with E-state index in [9.17, 15) is 4.79 Å². The molecule has 0 N–H and O–H groups in total. The molecule has 0 heterocycles. The van der Waals surface area contributed by atoms with Crippen molar-refractivity contribution in [2.24, 2.45) is 0 Å². The van der Waals surface area contributed by atoms with E-state index in [1.165, 1.54) is 7.11 Å². The van der Waals surface area contributed by atoms with E-state index in [-0.39, 0.29) is 5.97 Å². The van der Waals surface area contributed by atoms with Gasteiger partial charge in [-0.3, -0.25) is 4.79 Å². The standard InChI is InChI=1S/C13H13BrO2/c1-16-13(15)10-4-2-3-7-11-8-5-6-9-12(11)14/h5-6,8-9H,2,4,10H2,1H3. The lowest BCUT2D eigenvalue weighted by atomic mass is 10.2. The molecule has 0 bridgehead atoms. The predicted octanol–water partition coefficient (Wildman–Crippen LogP) is 3.14. The molecule has 1 rings (SSSR count). The Hall–Kier alpha value is -1.27. The highest BCUT2D eigenvalue weighted by Gasteiger charge is 1.97. The van der Waals surface area contributed by atoms with Gasteiger partial charge < -0.3 is 4.74 Å². The summed E-state index contributed by atoms with van der Waals surface area (Å²) in [6, 6.07) is 7.81. The summed E-state index contributed by atoms with van der Waals surface area (Å²) in [5, 5.41) is 0. The smallest absolute Gasteiger partial charge is 0.305 e. The van der Waals surface area contributed by atoms with Crippen molar-refractivity contribution in [1.82, 2.24) is 0 Å². The van der Waals surface area contributed by atoms with Crippen LogP contribution in [-0.4, -0.2) is 13.1 Å². The van der Waals surface area contributed by atoms with Crippen molar-refractivity contribution >= 4 is 21.9 Å². The average molecular weight is 281 g/mol. The van der Waals surface area contributed by atoms with Gasteiger partial charge in [0.2, 0.25) is 0 Å². The number of benzene rings is 1. The molecule has 0 aromatic heterocycles. The molecule has 1 aromatic carbocycles. The first-order valence-electron chi connectivity index (χ1n) is 5.04. The fourth-order valence-electron chi connectivity index (χ4n) is 1.14. The monoisotopic (exact) mass is 280 g/mol. The van der Waals surface area contributed by atoms with E-state index >= 15 is 0 Å². The van der Waals surface area contributed by atoms with Crippen molar-refractivity contribution < 1.29 is 9.53 Å². The Morgan fingerprint density at radius 1 is 1.44 bits per heavy atom. The fourth-order valence-corrected chi connectivity index (χ4v) is 1.53. The van der Waals surface area contributed by atoms with Crippen LogP contribution < -0.4 is 0 Å². The number of methoxy groups -OCH3 is 1. The molecular weight excluding hydrogens is 268 g/mol. The molecule has 0 spiro atoms. The summed E-state index contributed by atoms with van der Waals surface area (Å²) < 4.78 is 5.54. The predicted molar refractivity (Wildman–Crippen MR) is 66.9 cm³/mol. The van der Waals surface area contributed by atoms with E-state index in [4.69, 9.17) is 0 Å². The number of esters is 1. The molecule has 0 saturated heterocycles. The zero-order valence-corrected chi connectivity index (χ0v) is 10.7. The SMILES string of the molecule is COC(=O)CCCC#Cc1ccccc1Br. The van der Waals surface area contributed by atoms with Crippen molar-refractivity contribution in [3.8, 4) is 11.8 Å². The van der Waals surface area contributed by atoms with E-state index in [1.54, 1.807) is 0 Å². The maximum absolute atomic E-state index is 10.8. The maximum atomic E-state index is 10.8. The Labute approximate surface area is 104 Å². The van der Waals surface area contributed by atoms with Gasteiger partial charge in [-0.2, -0.15) is 0 Å². The first kappa shape index (κ1) is 12.8. The number of hydrogen-bond acceptors (Lipinski definition) is 2. The Morgan fingerprint density at radius 3 is 2.88 bits per heavy atom. The molecule has 1 aromatic rings. The van der Waals surface area contributed by atoms with E-state index < -0.39 is 0 Å². The largest absolute Gasteiger partial charge is 0.469 e. The van der Waals surface area contributed by atoms with Gasteiger partial charge in [0.05, 0.1) is 7.11 Å². The number of ether oxygens (including phenoxy) is 1. The second kappa shape index (κ2) is 7.08. The third-order valence-electron chi connectivity index (χ3n) is 2.01. The highest BCUT2D eigenvalue weighted by molar-refractivity contribution is 9.10. The third kappa shape index (κ3) is 4.50. The normalized spacial score (nSPS) is 9.12. The minimum absolute atomic E-state index is 0.178. The van der Waals surface area contributed by atoms with Crippen LogP contribution in [0.3, 0.4) is 0 Å². The quantitative estimate of drug-likeness (QED) is 0.483. The molecule has 0 atom stereocenters. The van der Waals surface area contributed by atoms with E-state index in [1.807, 2.05) is 24.3 Å². The third-order valence-corrected chi connectivity index (χ3v) is 2.70. The molecule has 0 aliphatic heterocycles. The Morgan fingerprint density at radius 2 is 2.19 bits per heavy atom. The summed E-state index contributed by atoms with van der Waals surface area (Å²) in [6.45, 7) is 0. The zero-order chi connectivity index (χ0) is 11.8. The van der Waals surface area contributed by atoms with Crippen LogP contribution in [0.15, 0.2) is 28.7 Å². The Kier molecular flexibility index (Phi) is 5.66. The van der Waals surface area contributed by atoms with Crippen molar-refractivity contribution in [3.63, 3.8) is 0 Å². The zero-order valence-electron chi connectivity index (χ0n) is 9.13. The Balaban J connectivity index is 2.39. The highest BCUT2D eigenvalue weighted by atomic mass is 79.9. The lowest BCUT2D eigenvalue weighted by molar-refractivity contribution is -0.140. The second-order valence-electron chi connectivity index (χ2n) is 3.21. The Bertz CT molecular complexity index is 415. The molecule has 3 heteroatoms. The van der Waals surface area contributed by atoms with Crippen LogP contribution in [-0.2, 0) is 9.53 Å². The molecule has 0 fully saturated rings. The highest BCUT2D eigenvalue weighted by Crippen LogP contribution is 2.14. The minimum Gasteiger partial charge on any atom is -0.469 e. The summed E-state index contributed by atoms with van der Waals surface area (Å²) in [6.07, 6.45) is 1.88. The number of hydrogen-bond donors (Lipinski definition) is 0. The van der Waals surface area contributed by atoms with Crippen LogP contribution in [0, 0.1) is 11.8 Å². The average Bonchev–Trinajstić information content (AvgIpc) is 2.30. The van der Waals surface area contributed by atoms with Gasteiger partial charge >= 0.3 is 5.97 Å². The lowest BCUT2D eigenvalue weighted by Gasteiger charge is -1.95. The van der Waals surface area contributed by atoms with Crippen molar-refractivity contribution in [2.75, 3.05) is 7.11 Å². The van der Waals surface area contributed by atoms with E-state index in [2.05, 4.69) is 32.5 Å². The van der Waals surface area contributed by atoms with Gasteiger partial charge in [0.25, 0.3) is 0 Å². The number of carbonyl (C=O) groups is 1. The molecule has 0 aliphatic rings. The van der Waals surface area contributed by atoms with Gasteiger partial charge in [-0.15, -0.1) is 0 Å². The summed E-state index contributed by atoms with van der Waals surface area (Å²) in [5.74, 6) is 5.91. The van der Waals surface area contributed by atoms with Gasteiger partial charge in [0.15, 0.2) is 0 Å². The molecule has 0 radical (unpaired) electrons. The molecule has 0 saturated carbocycles. The van der Waals surface area contributed by atoms with Crippen LogP contribution in [0.5, 0.6) is 0 Å². The topological polar surface area (TPSA) is 26.3 Å². The van der Waals surface area contributed by atoms with Crippen LogP contribution in [0.2, 0.25) is 0 Å². The molecule has 2 nitrogen and oxygen atoms in total. The number of unbranched alkanes of at least 4 members (excludes halogenated alkanes) is 1. The molecule has 0 aliphatic carbocycles. The van der Waals surface area contributed by atoms with Crippen LogP contribution in [0.4, 0.5) is 0 Å². The number of halogens is 1. The number of rotatable bonds is 3. The van der Waals surface area contributed by atoms with Crippen LogP contribution in [0.1, 0.15) is 24.8 Å². The first-order chi connectivity index (χ1) is 7.74. The van der Waals surface area contributed by atoms with Crippen molar-refractivity contribution in [2.45, 2.75) is 19.3 Å². The summed E-state index contributed by atoms with van der Waals surface area (Å²) >= 11 is 3.42. The van der Waals surface area contributed by atoms with Gasteiger partial charge in [-0.05, 0) is 34.5 Å². The molecule has 0 amide bonds. The second-order valence-corrected chi connectivity index (χ2v) is 4.07. The summed E-state index contributed by atoms with van der Waals surface area (Å²) in [7, 11) is 1.40. The number of carbonyl (C=O) groups excluding carboxylic acids is 1. The van der Waals surface area contributed by atoms with Crippen molar-refractivity contribution in [3.05, 3.63) is 34.3 Å². The summed E-state index contributed by atoms with van der Waals surface area (Å²) in [5.41, 5.74) is 0.973. The van der Waals surface area contributed by atoms with Gasteiger partial charge in [-0.1, -0.05) is 24.0 Å². The van der Waals surface area contributed by atoms with E-state index in [0.29, 0.717) is 12.8 Å².